The van der Waals surface area contributed by atoms with Gasteiger partial charge in [-0.15, -0.1) is 24.0 Å². The Bertz CT molecular complexity index is 874. The number of hydrogen-bond donors (Lipinski definition) is 2. The quantitative estimate of drug-likeness (QED) is 0.359. The summed E-state index contributed by atoms with van der Waals surface area (Å²) >= 11 is 0. The van der Waals surface area contributed by atoms with Crippen LogP contribution in [0, 0.1) is 12.7 Å². The number of rotatable bonds is 6. The number of guanidine groups is 1. The molecule has 0 fully saturated rings. The fourth-order valence-corrected chi connectivity index (χ4v) is 3.59. The number of benzene rings is 2. The van der Waals surface area contributed by atoms with Crippen LogP contribution < -0.4 is 10.6 Å². The third-order valence-corrected chi connectivity index (χ3v) is 5.77. The minimum atomic E-state index is -3.35. The van der Waals surface area contributed by atoms with Crippen molar-refractivity contribution in [2.24, 2.45) is 4.99 Å². The first-order valence-electron chi connectivity index (χ1n) is 8.34. The van der Waals surface area contributed by atoms with Gasteiger partial charge in [0.1, 0.15) is 5.82 Å². The molecule has 0 saturated carbocycles. The molecule has 1 unspecified atom stereocenters. The summed E-state index contributed by atoms with van der Waals surface area (Å²) in [6, 6.07) is 13.2. The lowest BCUT2D eigenvalue weighted by Crippen LogP contribution is -2.40. The van der Waals surface area contributed by atoms with Gasteiger partial charge in [-0.05, 0) is 43.2 Å². The van der Waals surface area contributed by atoms with Crippen LogP contribution in [0.5, 0.6) is 0 Å². The van der Waals surface area contributed by atoms with Crippen molar-refractivity contribution in [1.29, 1.82) is 0 Å². The van der Waals surface area contributed by atoms with Gasteiger partial charge in [-0.1, -0.05) is 30.3 Å². The first kappa shape index (κ1) is 23.4. The first-order chi connectivity index (χ1) is 12.3. The summed E-state index contributed by atoms with van der Waals surface area (Å²) in [5, 5.41) is 6.12. The Morgan fingerprint density at radius 2 is 1.85 bits per heavy atom. The summed E-state index contributed by atoms with van der Waals surface area (Å²) in [6.45, 7) is 3.81. The van der Waals surface area contributed by atoms with Crippen molar-refractivity contribution in [3.8, 4) is 0 Å². The molecule has 0 radical (unpaired) electrons. The van der Waals surface area contributed by atoms with Gasteiger partial charge in [-0.3, -0.25) is 4.99 Å². The van der Waals surface area contributed by atoms with Gasteiger partial charge in [0, 0.05) is 13.6 Å². The Morgan fingerprint density at radius 3 is 2.44 bits per heavy atom. The lowest BCUT2D eigenvalue weighted by Gasteiger charge is -2.18. The van der Waals surface area contributed by atoms with Crippen LogP contribution in [-0.4, -0.2) is 33.7 Å². The standard InChI is InChI=1S/C19H24FN3O2S.HI/c1-14-9-10-16(13-18(14)20)15(2)23-19(21-3)22-11-12-26(24,25)17-7-5-4-6-8-17;/h4-10,13,15H,11-12H2,1-3H3,(H2,21,22,23);1H. The minimum absolute atomic E-state index is 0. The third kappa shape index (κ3) is 6.76. The second kappa shape index (κ2) is 10.6. The zero-order valence-corrected chi connectivity index (χ0v) is 18.7. The van der Waals surface area contributed by atoms with Gasteiger partial charge in [0.15, 0.2) is 15.8 Å². The fraction of sp³-hybridized carbons (Fsp3) is 0.316. The number of nitrogens with zero attached hydrogens (tertiary/aromatic N) is 1. The van der Waals surface area contributed by atoms with E-state index in [-0.39, 0.29) is 48.1 Å². The van der Waals surface area contributed by atoms with Crippen LogP contribution in [0.2, 0.25) is 0 Å². The largest absolute Gasteiger partial charge is 0.355 e. The van der Waals surface area contributed by atoms with E-state index in [4.69, 9.17) is 0 Å². The van der Waals surface area contributed by atoms with Crippen LogP contribution >= 0.6 is 24.0 Å². The van der Waals surface area contributed by atoms with Crippen molar-refractivity contribution >= 4 is 39.8 Å². The monoisotopic (exact) mass is 505 g/mol. The maximum absolute atomic E-state index is 13.7. The summed E-state index contributed by atoms with van der Waals surface area (Å²) in [7, 11) is -1.75. The molecule has 0 amide bonds. The normalized spacial score (nSPS) is 12.8. The van der Waals surface area contributed by atoms with E-state index in [2.05, 4.69) is 15.6 Å². The molecule has 0 saturated heterocycles. The molecule has 1 atom stereocenters. The Hall–Kier alpha value is -1.68. The van der Waals surface area contributed by atoms with E-state index < -0.39 is 9.84 Å². The molecule has 2 aromatic rings. The fourth-order valence-electron chi connectivity index (χ4n) is 2.41. The molecular formula is C19H25FIN3O2S. The topological polar surface area (TPSA) is 70.6 Å². The van der Waals surface area contributed by atoms with Crippen LogP contribution in [0.1, 0.15) is 24.1 Å². The van der Waals surface area contributed by atoms with Crippen molar-refractivity contribution in [1.82, 2.24) is 10.6 Å². The Labute approximate surface area is 177 Å². The first-order valence-corrected chi connectivity index (χ1v) is 10.00. The molecule has 0 spiro atoms. The van der Waals surface area contributed by atoms with E-state index in [1.165, 1.54) is 6.07 Å². The highest BCUT2D eigenvalue weighted by Gasteiger charge is 2.14. The number of sulfone groups is 1. The van der Waals surface area contributed by atoms with Crippen LogP contribution in [0.25, 0.3) is 0 Å². The van der Waals surface area contributed by atoms with Gasteiger partial charge in [0.25, 0.3) is 0 Å². The van der Waals surface area contributed by atoms with Crippen LogP contribution in [0.3, 0.4) is 0 Å². The second-order valence-electron chi connectivity index (χ2n) is 6.01. The van der Waals surface area contributed by atoms with Crippen LogP contribution in [-0.2, 0) is 9.84 Å². The van der Waals surface area contributed by atoms with E-state index in [9.17, 15) is 12.8 Å². The SMILES string of the molecule is CN=C(NCCS(=O)(=O)c1ccccc1)NC(C)c1ccc(C)c(F)c1.I. The third-order valence-electron chi connectivity index (χ3n) is 4.04. The van der Waals surface area contributed by atoms with Crippen molar-refractivity contribution in [3.05, 3.63) is 65.5 Å². The molecule has 0 bridgehead atoms. The predicted octanol–water partition coefficient (Wildman–Crippen LogP) is 3.45. The van der Waals surface area contributed by atoms with Crippen LogP contribution in [0.4, 0.5) is 4.39 Å². The molecule has 2 aromatic carbocycles. The van der Waals surface area contributed by atoms with E-state index in [0.29, 0.717) is 16.4 Å². The molecule has 0 aliphatic rings. The summed E-state index contributed by atoms with van der Waals surface area (Å²) in [6.07, 6.45) is 0. The zero-order valence-electron chi connectivity index (χ0n) is 15.6. The van der Waals surface area contributed by atoms with Crippen molar-refractivity contribution in [2.75, 3.05) is 19.3 Å². The highest BCUT2D eigenvalue weighted by Crippen LogP contribution is 2.16. The number of nitrogens with one attached hydrogen (secondary N) is 2. The zero-order chi connectivity index (χ0) is 19.2. The van der Waals surface area contributed by atoms with E-state index >= 15 is 0 Å². The lowest BCUT2D eigenvalue weighted by atomic mass is 10.1. The molecule has 0 aliphatic carbocycles. The number of hydrogen-bond acceptors (Lipinski definition) is 3. The Morgan fingerprint density at radius 1 is 1.19 bits per heavy atom. The molecule has 8 heteroatoms. The highest BCUT2D eigenvalue weighted by atomic mass is 127. The highest BCUT2D eigenvalue weighted by molar-refractivity contribution is 14.0. The number of halogens is 2. The number of aliphatic imine (C=N–C) groups is 1. The average Bonchev–Trinajstić information content (AvgIpc) is 2.63. The summed E-state index contributed by atoms with van der Waals surface area (Å²) in [4.78, 5) is 4.39. The van der Waals surface area contributed by atoms with Gasteiger partial charge in [0.2, 0.25) is 0 Å². The van der Waals surface area contributed by atoms with Gasteiger partial charge in [0.05, 0.1) is 16.7 Å². The smallest absolute Gasteiger partial charge is 0.191 e. The molecule has 148 valence electrons. The molecular weight excluding hydrogens is 480 g/mol. The van der Waals surface area contributed by atoms with Gasteiger partial charge >= 0.3 is 0 Å². The molecule has 0 heterocycles. The summed E-state index contributed by atoms with van der Waals surface area (Å²) in [5.41, 5.74) is 1.38. The maximum Gasteiger partial charge on any atom is 0.191 e. The molecule has 2 rings (SSSR count). The van der Waals surface area contributed by atoms with Crippen molar-refractivity contribution in [2.45, 2.75) is 24.8 Å². The Kier molecular flexibility index (Phi) is 9.17. The molecule has 2 N–H and O–H groups in total. The van der Waals surface area contributed by atoms with E-state index in [0.717, 1.165) is 5.56 Å². The second-order valence-corrected chi connectivity index (χ2v) is 8.11. The predicted molar refractivity (Wildman–Crippen MR) is 118 cm³/mol. The minimum Gasteiger partial charge on any atom is -0.355 e. The van der Waals surface area contributed by atoms with E-state index in [1.54, 1.807) is 50.4 Å². The molecule has 0 aliphatic heterocycles. The van der Waals surface area contributed by atoms with Crippen LogP contribution in [0.15, 0.2) is 58.4 Å². The molecule has 27 heavy (non-hydrogen) atoms. The van der Waals surface area contributed by atoms with E-state index in [1.807, 2.05) is 13.0 Å². The molecule has 5 nitrogen and oxygen atoms in total. The summed E-state index contributed by atoms with van der Waals surface area (Å²) < 4.78 is 38.3. The Balaban J connectivity index is 0.00000364. The summed E-state index contributed by atoms with van der Waals surface area (Å²) in [5.74, 6) is 0.153. The average molecular weight is 505 g/mol. The number of aryl methyl sites for hydroxylation is 1. The van der Waals surface area contributed by atoms with Crippen molar-refractivity contribution in [3.63, 3.8) is 0 Å². The lowest BCUT2D eigenvalue weighted by molar-refractivity contribution is 0.593. The maximum atomic E-state index is 13.7. The van der Waals surface area contributed by atoms with Gasteiger partial charge < -0.3 is 10.6 Å². The van der Waals surface area contributed by atoms with Gasteiger partial charge in [-0.2, -0.15) is 0 Å². The van der Waals surface area contributed by atoms with Gasteiger partial charge in [-0.25, -0.2) is 12.8 Å². The molecule has 0 aromatic heterocycles. The van der Waals surface area contributed by atoms with Crippen molar-refractivity contribution < 1.29 is 12.8 Å².